The third-order valence-corrected chi connectivity index (χ3v) is 7.97. The van der Waals surface area contributed by atoms with Crippen LogP contribution < -0.4 is 0 Å². The Bertz CT molecular complexity index is 1580. The molecule has 0 spiro atoms. The Morgan fingerprint density at radius 3 is 1.23 bits per heavy atom. The Kier molecular flexibility index (Phi) is 8.42. The molecule has 0 saturated carbocycles. The monoisotopic (exact) mass is 600 g/mol. The predicted octanol–water partition coefficient (Wildman–Crippen LogP) is 6.68. The molecule has 0 aliphatic carbocycles. The van der Waals surface area contributed by atoms with Gasteiger partial charge in [-0.2, -0.15) is 13.4 Å². The minimum atomic E-state index is -4.81. The van der Waals surface area contributed by atoms with Crippen molar-refractivity contribution in [3.63, 3.8) is 0 Å². The fourth-order valence-electron chi connectivity index (χ4n) is 3.51. The zero-order chi connectivity index (χ0) is 28.3. The molecule has 0 unspecified atom stereocenters. The number of hydrazine groups is 1. The molecule has 0 bridgehead atoms. The fraction of sp³-hybridized carbons (Fsp3) is 0.0357. The molecule has 0 aromatic heterocycles. The number of amides is 3. The van der Waals surface area contributed by atoms with Crippen molar-refractivity contribution in [2.24, 2.45) is 0 Å². The molecule has 0 aliphatic heterocycles. The highest BCUT2D eigenvalue weighted by Crippen LogP contribution is 2.26. The second-order valence-electron chi connectivity index (χ2n) is 8.31. The summed E-state index contributed by atoms with van der Waals surface area (Å²) in [6, 6.07) is 21.9. The van der Waals surface area contributed by atoms with Gasteiger partial charge in [0.25, 0.3) is 27.7 Å². The lowest BCUT2D eigenvalue weighted by molar-refractivity contribution is 0.0255. The van der Waals surface area contributed by atoms with E-state index in [1.165, 1.54) is 97.1 Å². The number of carbonyl (C=O) groups is 3. The topological polar surface area (TPSA) is 91.8 Å². The van der Waals surface area contributed by atoms with Crippen LogP contribution in [0.5, 0.6) is 0 Å². The van der Waals surface area contributed by atoms with Crippen LogP contribution in [0.25, 0.3) is 0 Å². The van der Waals surface area contributed by atoms with E-state index < -0.39 is 27.7 Å². The Morgan fingerprint density at radius 2 is 0.872 bits per heavy atom. The van der Waals surface area contributed by atoms with Crippen molar-refractivity contribution in [3.8, 4) is 0 Å². The number of benzene rings is 4. The van der Waals surface area contributed by atoms with Gasteiger partial charge in [-0.3, -0.25) is 14.4 Å². The van der Waals surface area contributed by atoms with E-state index in [4.69, 9.17) is 34.8 Å². The van der Waals surface area contributed by atoms with Gasteiger partial charge in [-0.25, -0.2) is 0 Å². The summed E-state index contributed by atoms with van der Waals surface area (Å²) in [4.78, 5) is 41.3. The summed E-state index contributed by atoms with van der Waals surface area (Å²) >= 11 is 17.9. The maximum atomic E-state index is 14.0. The van der Waals surface area contributed by atoms with E-state index in [0.29, 0.717) is 20.1 Å². The Labute approximate surface area is 240 Å². The van der Waals surface area contributed by atoms with Gasteiger partial charge < -0.3 is 0 Å². The van der Waals surface area contributed by atoms with Gasteiger partial charge in [-0.05, 0) is 91.9 Å². The zero-order valence-corrected chi connectivity index (χ0v) is 23.3. The minimum Gasteiger partial charge on any atom is -0.267 e. The number of nitrogens with zero attached hydrogens (tertiary/aromatic N) is 2. The summed E-state index contributed by atoms with van der Waals surface area (Å²) in [7, 11) is -4.81. The first-order valence-electron chi connectivity index (χ1n) is 11.3. The minimum absolute atomic E-state index is 0.0882. The number of imide groups is 1. The van der Waals surface area contributed by atoms with Crippen molar-refractivity contribution < 1.29 is 22.8 Å². The van der Waals surface area contributed by atoms with Gasteiger partial charge in [0.15, 0.2) is 0 Å². The number of hydrogen-bond acceptors (Lipinski definition) is 5. The van der Waals surface area contributed by atoms with Crippen molar-refractivity contribution in [2.45, 2.75) is 11.8 Å². The Hall–Kier alpha value is -3.69. The van der Waals surface area contributed by atoms with Crippen LogP contribution in [-0.4, -0.2) is 35.6 Å². The summed E-state index contributed by atoms with van der Waals surface area (Å²) < 4.78 is 28.2. The molecule has 4 aromatic carbocycles. The molecular weight excluding hydrogens is 583 g/mol. The molecule has 3 amide bonds. The second-order valence-corrected chi connectivity index (χ2v) is 11.4. The molecule has 0 N–H and O–H groups in total. The van der Waals surface area contributed by atoms with Crippen LogP contribution in [0, 0.1) is 6.92 Å². The van der Waals surface area contributed by atoms with Crippen LogP contribution in [0.1, 0.15) is 36.6 Å². The van der Waals surface area contributed by atoms with Gasteiger partial charge in [0.2, 0.25) is 0 Å². The molecule has 4 aromatic rings. The third kappa shape index (κ3) is 6.15. The van der Waals surface area contributed by atoms with E-state index in [1.807, 2.05) is 0 Å². The molecule has 0 fully saturated rings. The molecule has 198 valence electrons. The number of halogens is 3. The normalized spacial score (nSPS) is 11.1. The highest BCUT2D eigenvalue weighted by atomic mass is 35.5. The maximum absolute atomic E-state index is 14.0. The summed E-state index contributed by atoms with van der Waals surface area (Å²) in [5.74, 6) is -3.31. The molecule has 0 atom stereocenters. The first-order valence-corrected chi connectivity index (χ1v) is 13.9. The Morgan fingerprint density at radius 1 is 0.538 bits per heavy atom. The lowest BCUT2D eigenvalue weighted by atomic mass is 10.1. The summed E-state index contributed by atoms with van der Waals surface area (Å²) in [6.07, 6.45) is 0. The summed E-state index contributed by atoms with van der Waals surface area (Å²) in [6.45, 7) is 1.76. The number of rotatable bonds is 5. The number of carbonyl (C=O) groups excluding carboxylic acids is 3. The van der Waals surface area contributed by atoms with Gasteiger partial charge in [0.1, 0.15) is 0 Å². The van der Waals surface area contributed by atoms with Crippen LogP contribution in [0.15, 0.2) is 102 Å². The number of aryl methyl sites for hydroxylation is 1. The molecule has 0 heterocycles. The summed E-state index contributed by atoms with van der Waals surface area (Å²) in [5, 5.41) is 1.22. The molecule has 4 rings (SSSR count). The van der Waals surface area contributed by atoms with Crippen molar-refractivity contribution in [2.75, 3.05) is 0 Å². The van der Waals surface area contributed by atoms with E-state index in [0.717, 1.165) is 5.56 Å². The molecule has 0 aliphatic rings. The standard InChI is InChI=1S/C28H19Cl3N2O5S/c1-18-2-16-25(17-3-18)39(37,38)33(28(36)21-8-14-24(31)15-9-21)32(26(34)19-4-10-22(29)11-5-19)27(35)20-6-12-23(30)13-7-20/h2-17H,1H3. The smallest absolute Gasteiger partial charge is 0.267 e. The van der Waals surface area contributed by atoms with Crippen molar-refractivity contribution in [3.05, 3.63) is 134 Å². The molecule has 7 nitrogen and oxygen atoms in total. The lowest BCUT2D eigenvalue weighted by Crippen LogP contribution is -2.55. The van der Waals surface area contributed by atoms with Crippen molar-refractivity contribution in [1.82, 2.24) is 9.42 Å². The predicted molar refractivity (Wildman–Crippen MR) is 149 cm³/mol. The van der Waals surface area contributed by atoms with Gasteiger partial charge in [-0.1, -0.05) is 52.5 Å². The van der Waals surface area contributed by atoms with Crippen LogP contribution in [-0.2, 0) is 10.0 Å². The second kappa shape index (κ2) is 11.6. The van der Waals surface area contributed by atoms with E-state index in [2.05, 4.69) is 0 Å². The zero-order valence-electron chi connectivity index (χ0n) is 20.2. The first-order chi connectivity index (χ1) is 18.5. The highest BCUT2D eigenvalue weighted by molar-refractivity contribution is 7.89. The van der Waals surface area contributed by atoms with Crippen LogP contribution in [0.4, 0.5) is 0 Å². The van der Waals surface area contributed by atoms with E-state index in [9.17, 15) is 22.8 Å². The van der Waals surface area contributed by atoms with Crippen molar-refractivity contribution >= 4 is 62.5 Å². The SMILES string of the molecule is Cc1ccc(S(=O)(=O)N(C(=O)c2ccc(Cl)cc2)N(C(=O)c2ccc(Cl)cc2)C(=O)c2ccc(Cl)cc2)cc1. The van der Waals surface area contributed by atoms with Gasteiger partial charge >= 0.3 is 0 Å². The van der Waals surface area contributed by atoms with Crippen LogP contribution >= 0.6 is 34.8 Å². The molecular formula is C28H19Cl3N2O5S. The quantitative estimate of drug-likeness (QED) is 0.188. The third-order valence-electron chi connectivity index (χ3n) is 5.56. The Balaban J connectivity index is 1.97. The molecule has 0 saturated heterocycles. The van der Waals surface area contributed by atoms with Crippen LogP contribution in [0.2, 0.25) is 15.1 Å². The fourth-order valence-corrected chi connectivity index (χ4v) is 5.25. The average Bonchev–Trinajstić information content (AvgIpc) is 2.92. The lowest BCUT2D eigenvalue weighted by Gasteiger charge is -2.32. The number of sulfonamides is 1. The van der Waals surface area contributed by atoms with Crippen molar-refractivity contribution in [1.29, 1.82) is 0 Å². The van der Waals surface area contributed by atoms with Gasteiger partial charge in [-0.15, -0.1) is 4.41 Å². The van der Waals surface area contributed by atoms with Gasteiger partial charge in [0, 0.05) is 31.8 Å². The van der Waals surface area contributed by atoms with E-state index in [-0.39, 0.29) is 26.0 Å². The molecule has 39 heavy (non-hydrogen) atoms. The largest absolute Gasteiger partial charge is 0.287 e. The highest BCUT2D eigenvalue weighted by Gasteiger charge is 2.42. The average molecular weight is 602 g/mol. The van der Waals surface area contributed by atoms with Crippen LogP contribution in [0.3, 0.4) is 0 Å². The first kappa shape index (κ1) is 28.3. The van der Waals surface area contributed by atoms with Gasteiger partial charge in [0.05, 0.1) is 4.90 Å². The molecule has 11 heteroatoms. The maximum Gasteiger partial charge on any atom is 0.287 e. The number of hydrogen-bond donors (Lipinski definition) is 0. The molecule has 0 radical (unpaired) electrons. The summed E-state index contributed by atoms with van der Waals surface area (Å²) in [5.41, 5.74) is 0.452. The van der Waals surface area contributed by atoms with E-state index >= 15 is 0 Å². The van der Waals surface area contributed by atoms with E-state index in [1.54, 1.807) is 6.92 Å².